The fraction of sp³-hybridized carbons (Fsp3) is 0.417. The Morgan fingerprint density at radius 1 is 1.14 bits per heavy atom. The molecule has 0 amide bonds. The topological polar surface area (TPSA) is 46.9 Å². The van der Waals surface area contributed by atoms with Crippen LogP contribution in [-0.4, -0.2) is 22.6 Å². The summed E-state index contributed by atoms with van der Waals surface area (Å²) in [5.74, 6) is 1.62. The molecule has 1 N–H and O–H groups in total. The van der Waals surface area contributed by atoms with Gasteiger partial charge in [0.1, 0.15) is 5.82 Å². The van der Waals surface area contributed by atoms with Crippen molar-refractivity contribution in [2.24, 2.45) is 5.92 Å². The van der Waals surface area contributed by atoms with Crippen LogP contribution in [0.1, 0.15) is 49.6 Å². The van der Waals surface area contributed by atoms with Crippen LogP contribution in [0.5, 0.6) is 0 Å². The van der Waals surface area contributed by atoms with Gasteiger partial charge < -0.3 is 5.32 Å². The van der Waals surface area contributed by atoms with Crippen LogP contribution in [0, 0.1) is 5.92 Å². The first kappa shape index (κ1) is 18.9. The second-order valence-electron chi connectivity index (χ2n) is 8.27. The van der Waals surface area contributed by atoms with Crippen molar-refractivity contribution in [1.82, 2.24) is 14.9 Å². The first-order valence-electron chi connectivity index (χ1n) is 10.4. The molecular weight excluding hydrogens is 346 g/mol. The number of benzene rings is 2. The van der Waals surface area contributed by atoms with Crippen LogP contribution < -0.4 is 10.9 Å². The number of fused-ring (bicyclic) bond motifs is 1. The summed E-state index contributed by atoms with van der Waals surface area (Å²) in [6.45, 7) is 7.06. The second kappa shape index (κ2) is 8.27. The number of aromatic nitrogens is 2. The lowest BCUT2D eigenvalue weighted by molar-refractivity contribution is 0.327. The Labute approximate surface area is 166 Å². The van der Waals surface area contributed by atoms with Gasteiger partial charge in [0.2, 0.25) is 0 Å². The van der Waals surface area contributed by atoms with Crippen LogP contribution in [0.25, 0.3) is 10.9 Å². The summed E-state index contributed by atoms with van der Waals surface area (Å²) in [6.07, 6.45) is 3.18. The predicted molar refractivity (Wildman–Crippen MR) is 115 cm³/mol. The minimum absolute atomic E-state index is 0.106. The summed E-state index contributed by atoms with van der Waals surface area (Å²) in [5.41, 5.74) is 3.32. The Kier molecular flexibility index (Phi) is 5.58. The van der Waals surface area contributed by atoms with E-state index in [0.717, 1.165) is 48.3 Å². The zero-order valence-corrected chi connectivity index (χ0v) is 16.8. The summed E-state index contributed by atoms with van der Waals surface area (Å²) < 4.78 is 1.94. The summed E-state index contributed by atoms with van der Waals surface area (Å²) in [6, 6.07) is 16.5. The first-order valence-corrected chi connectivity index (χ1v) is 10.4. The van der Waals surface area contributed by atoms with E-state index in [0.29, 0.717) is 5.92 Å². The number of hydrogen-bond donors (Lipinski definition) is 1. The molecule has 0 bridgehead atoms. The van der Waals surface area contributed by atoms with Gasteiger partial charge in [0, 0.05) is 12.5 Å². The fourth-order valence-electron chi connectivity index (χ4n) is 4.18. The third-order valence-corrected chi connectivity index (χ3v) is 5.66. The number of piperidine rings is 1. The maximum absolute atomic E-state index is 13.4. The molecule has 1 aliphatic heterocycles. The van der Waals surface area contributed by atoms with Gasteiger partial charge in [-0.25, -0.2) is 4.98 Å². The van der Waals surface area contributed by atoms with Crippen LogP contribution in [0.4, 0.5) is 0 Å². The third-order valence-electron chi connectivity index (χ3n) is 5.66. The monoisotopic (exact) mass is 375 g/mol. The molecule has 2 heterocycles. The summed E-state index contributed by atoms with van der Waals surface area (Å²) in [7, 11) is 0. The van der Waals surface area contributed by atoms with Crippen molar-refractivity contribution < 1.29 is 0 Å². The molecule has 4 heteroatoms. The zero-order valence-electron chi connectivity index (χ0n) is 16.8. The van der Waals surface area contributed by atoms with Crippen LogP contribution in [0.3, 0.4) is 0 Å². The molecule has 1 saturated heterocycles. The fourth-order valence-corrected chi connectivity index (χ4v) is 4.18. The first-order chi connectivity index (χ1) is 13.6. The van der Waals surface area contributed by atoms with Gasteiger partial charge in [-0.05, 0) is 61.5 Å². The van der Waals surface area contributed by atoms with Crippen LogP contribution in [0.2, 0.25) is 0 Å². The Hall–Kier alpha value is -2.46. The molecule has 4 rings (SSSR count). The van der Waals surface area contributed by atoms with E-state index in [2.05, 4.69) is 49.5 Å². The highest BCUT2D eigenvalue weighted by molar-refractivity contribution is 5.78. The SMILES string of the molecule is CC(C)c1nc2ccc(Cc3ccccc3)cc2c(=O)n1C[C@H]1CCCNC1. The molecule has 1 fully saturated rings. The quantitative estimate of drug-likeness (QED) is 0.730. The van der Waals surface area contributed by atoms with E-state index in [1.54, 1.807) is 0 Å². The van der Waals surface area contributed by atoms with Gasteiger partial charge in [-0.1, -0.05) is 50.2 Å². The van der Waals surface area contributed by atoms with E-state index < -0.39 is 0 Å². The molecule has 1 atom stereocenters. The van der Waals surface area contributed by atoms with Crippen molar-refractivity contribution in [2.75, 3.05) is 13.1 Å². The van der Waals surface area contributed by atoms with Gasteiger partial charge in [-0.3, -0.25) is 9.36 Å². The Balaban J connectivity index is 1.74. The van der Waals surface area contributed by atoms with E-state index >= 15 is 0 Å². The molecule has 3 aromatic rings. The smallest absolute Gasteiger partial charge is 0.261 e. The van der Waals surface area contributed by atoms with Crippen molar-refractivity contribution in [2.45, 2.75) is 45.6 Å². The molecule has 146 valence electrons. The molecule has 2 aromatic carbocycles. The Bertz CT molecular complexity index is 1000. The van der Waals surface area contributed by atoms with Crippen molar-refractivity contribution in [3.63, 3.8) is 0 Å². The number of nitrogens with one attached hydrogen (secondary N) is 1. The molecule has 0 aliphatic carbocycles. The van der Waals surface area contributed by atoms with Crippen molar-refractivity contribution in [1.29, 1.82) is 0 Å². The minimum Gasteiger partial charge on any atom is -0.316 e. The minimum atomic E-state index is 0.106. The molecule has 0 spiro atoms. The number of hydrogen-bond acceptors (Lipinski definition) is 3. The van der Waals surface area contributed by atoms with Crippen molar-refractivity contribution >= 4 is 10.9 Å². The van der Waals surface area contributed by atoms with Crippen molar-refractivity contribution in [3.8, 4) is 0 Å². The molecule has 0 radical (unpaired) electrons. The summed E-state index contributed by atoms with van der Waals surface area (Å²) >= 11 is 0. The van der Waals surface area contributed by atoms with E-state index in [9.17, 15) is 4.79 Å². The molecule has 0 unspecified atom stereocenters. The standard InChI is InChI=1S/C24H29N3O/c1-17(2)23-26-22-11-10-19(13-18-7-4-3-5-8-18)14-21(22)24(28)27(23)16-20-9-6-12-25-15-20/h3-5,7-8,10-11,14,17,20,25H,6,9,12-13,15-16H2,1-2H3/t20-/m0/s1. The molecular formula is C24H29N3O. The lowest BCUT2D eigenvalue weighted by Crippen LogP contribution is -2.36. The molecule has 1 aromatic heterocycles. The highest BCUT2D eigenvalue weighted by Gasteiger charge is 2.19. The Morgan fingerprint density at radius 2 is 1.96 bits per heavy atom. The van der Waals surface area contributed by atoms with E-state index in [4.69, 9.17) is 4.98 Å². The van der Waals surface area contributed by atoms with Gasteiger partial charge in [-0.2, -0.15) is 0 Å². The van der Waals surface area contributed by atoms with Crippen molar-refractivity contribution in [3.05, 3.63) is 75.8 Å². The summed E-state index contributed by atoms with van der Waals surface area (Å²) in [4.78, 5) is 18.3. The average molecular weight is 376 g/mol. The number of nitrogens with zero attached hydrogens (tertiary/aromatic N) is 2. The predicted octanol–water partition coefficient (Wildman–Crippen LogP) is 4.11. The average Bonchev–Trinajstić information content (AvgIpc) is 2.71. The second-order valence-corrected chi connectivity index (χ2v) is 8.27. The Morgan fingerprint density at radius 3 is 2.68 bits per heavy atom. The molecule has 0 saturated carbocycles. The maximum Gasteiger partial charge on any atom is 0.261 e. The van der Waals surface area contributed by atoms with E-state index in [1.807, 2.05) is 22.8 Å². The van der Waals surface area contributed by atoms with Crippen LogP contribution in [0.15, 0.2) is 53.3 Å². The highest BCUT2D eigenvalue weighted by atomic mass is 16.1. The van der Waals surface area contributed by atoms with E-state index in [1.165, 1.54) is 18.4 Å². The largest absolute Gasteiger partial charge is 0.316 e. The van der Waals surface area contributed by atoms with Gasteiger partial charge in [-0.15, -0.1) is 0 Å². The number of rotatable bonds is 5. The molecule has 1 aliphatic rings. The molecule has 4 nitrogen and oxygen atoms in total. The van der Waals surface area contributed by atoms with Gasteiger partial charge in [0.05, 0.1) is 10.9 Å². The van der Waals surface area contributed by atoms with Gasteiger partial charge in [0.25, 0.3) is 5.56 Å². The zero-order chi connectivity index (χ0) is 19.5. The van der Waals surface area contributed by atoms with Crippen LogP contribution >= 0.6 is 0 Å². The lowest BCUT2D eigenvalue weighted by Gasteiger charge is -2.25. The normalized spacial score (nSPS) is 17.3. The summed E-state index contributed by atoms with van der Waals surface area (Å²) in [5, 5.41) is 4.20. The van der Waals surface area contributed by atoms with Gasteiger partial charge >= 0.3 is 0 Å². The van der Waals surface area contributed by atoms with E-state index in [-0.39, 0.29) is 11.5 Å². The highest BCUT2D eigenvalue weighted by Crippen LogP contribution is 2.20. The maximum atomic E-state index is 13.4. The third kappa shape index (κ3) is 4.02. The van der Waals surface area contributed by atoms with Crippen LogP contribution in [-0.2, 0) is 13.0 Å². The lowest BCUT2D eigenvalue weighted by atomic mass is 9.99. The molecule has 28 heavy (non-hydrogen) atoms. The van der Waals surface area contributed by atoms with Gasteiger partial charge in [0.15, 0.2) is 0 Å².